The van der Waals surface area contributed by atoms with Gasteiger partial charge in [-0.05, 0) is 61.9 Å². The van der Waals surface area contributed by atoms with Gasteiger partial charge >= 0.3 is 0 Å². The molecule has 2 rings (SSSR count). The van der Waals surface area contributed by atoms with Crippen LogP contribution in [0.4, 0.5) is 0 Å². The van der Waals surface area contributed by atoms with Crippen molar-refractivity contribution in [1.29, 1.82) is 0 Å². The highest BCUT2D eigenvalue weighted by Crippen LogP contribution is 2.45. The molecule has 1 aromatic carbocycles. The van der Waals surface area contributed by atoms with Crippen LogP contribution in [0.1, 0.15) is 84.0 Å². The fourth-order valence-corrected chi connectivity index (χ4v) is 4.33. The molecule has 0 radical (unpaired) electrons. The van der Waals surface area contributed by atoms with Gasteiger partial charge in [-0.25, -0.2) is 0 Å². The first-order valence-electron chi connectivity index (χ1n) is 9.91. The highest BCUT2D eigenvalue weighted by Gasteiger charge is 2.41. The molecule has 0 saturated carbocycles. The summed E-state index contributed by atoms with van der Waals surface area (Å²) < 4.78 is 12.7. The number of hydrogen-bond donors (Lipinski definition) is 1. The van der Waals surface area contributed by atoms with Crippen LogP contribution in [0.5, 0.6) is 0 Å². The Balaban J connectivity index is 2.25. The van der Waals surface area contributed by atoms with Crippen LogP contribution in [0.25, 0.3) is 0 Å². The molecule has 0 bridgehead atoms. The van der Waals surface area contributed by atoms with Crippen molar-refractivity contribution in [2.45, 2.75) is 97.4 Å². The van der Waals surface area contributed by atoms with Crippen LogP contribution >= 0.6 is 0 Å². The third kappa shape index (κ3) is 4.41. The van der Waals surface area contributed by atoms with E-state index in [4.69, 9.17) is 9.16 Å². The molecule has 1 aliphatic carbocycles. The fraction of sp³-hybridized carbons (Fsp3) is 0.727. The molecule has 0 heterocycles. The molecule has 1 N–H and O–H groups in total. The van der Waals surface area contributed by atoms with Crippen molar-refractivity contribution >= 4 is 8.32 Å². The number of rotatable bonds is 6. The van der Waals surface area contributed by atoms with E-state index in [1.54, 1.807) is 0 Å². The van der Waals surface area contributed by atoms with Gasteiger partial charge < -0.3 is 14.3 Å². The van der Waals surface area contributed by atoms with Crippen molar-refractivity contribution in [3.63, 3.8) is 0 Å². The normalized spacial score (nSPS) is 19.7. The Hall–Kier alpha value is -0.683. The summed E-state index contributed by atoms with van der Waals surface area (Å²) in [4.78, 5) is 0. The van der Waals surface area contributed by atoms with Crippen molar-refractivity contribution in [2.75, 3.05) is 0 Å². The number of benzene rings is 1. The second kappa shape index (κ2) is 7.38. The van der Waals surface area contributed by atoms with Crippen LogP contribution < -0.4 is 0 Å². The molecule has 0 amide bonds. The molecular formula is C22H38O3Si. The molecule has 3 nitrogen and oxygen atoms in total. The summed E-state index contributed by atoms with van der Waals surface area (Å²) in [7, 11) is -1.83. The Labute approximate surface area is 161 Å². The molecule has 0 saturated heterocycles. The Morgan fingerprint density at radius 1 is 1.12 bits per heavy atom. The smallest absolute Gasteiger partial charge is 0.192 e. The molecule has 0 aromatic heterocycles. The van der Waals surface area contributed by atoms with Crippen molar-refractivity contribution < 1.29 is 14.3 Å². The molecule has 0 fully saturated rings. The molecule has 26 heavy (non-hydrogen) atoms. The lowest BCUT2D eigenvalue weighted by Crippen LogP contribution is -2.41. The average Bonchev–Trinajstić information content (AvgIpc) is 2.88. The van der Waals surface area contributed by atoms with Crippen LogP contribution in [0.3, 0.4) is 0 Å². The highest BCUT2D eigenvalue weighted by molar-refractivity contribution is 6.74. The van der Waals surface area contributed by atoms with Gasteiger partial charge in [-0.15, -0.1) is 0 Å². The van der Waals surface area contributed by atoms with Crippen molar-refractivity contribution in [1.82, 2.24) is 0 Å². The Kier molecular flexibility index (Phi) is 6.14. The first kappa shape index (κ1) is 21.6. The van der Waals surface area contributed by atoms with E-state index in [-0.39, 0.29) is 16.7 Å². The summed E-state index contributed by atoms with van der Waals surface area (Å²) in [6, 6.07) is 6.18. The number of aliphatic hydroxyl groups excluding tert-OH is 1. The van der Waals surface area contributed by atoms with Gasteiger partial charge in [-0.1, -0.05) is 52.8 Å². The summed E-state index contributed by atoms with van der Waals surface area (Å²) in [5.41, 5.74) is 2.97. The van der Waals surface area contributed by atoms with E-state index in [1.165, 1.54) is 11.1 Å². The van der Waals surface area contributed by atoms with Gasteiger partial charge in [0.2, 0.25) is 0 Å². The number of ether oxygens (including phenoxy) is 1. The molecule has 0 spiro atoms. The first-order chi connectivity index (χ1) is 11.8. The maximum absolute atomic E-state index is 10.8. The molecule has 148 valence electrons. The topological polar surface area (TPSA) is 38.7 Å². The third-order valence-electron chi connectivity index (χ3n) is 6.57. The minimum Gasteiger partial charge on any atom is -0.410 e. The van der Waals surface area contributed by atoms with E-state index in [1.807, 2.05) is 26.0 Å². The average molecular weight is 379 g/mol. The summed E-state index contributed by atoms with van der Waals surface area (Å²) in [5.74, 6) is 0.323. The predicted octanol–water partition coefficient (Wildman–Crippen LogP) is 6.14. The zero-order valence-electron chi connectivity index (χ0n) is 18.1. The minimum atomic E-state index is -1.83. The Morgan fingerprint density at radius 3 is 2.27 bits per heavy atom. The van der Waals surface area contributed by atoms with Crippen LogP contribution in [0.2, 0.25) is 18.1 Å². The minimum absolute atomic E-state index is 0.135. The molecule has 1 aliphatic rings. The fourth-order valence-electron chi connectivity index (χ4n) is 3.02. The monoisotopic (exact) mass is 378 g/mol. The molecule has 0 aliphatic heterocycles. The van der Waals surface area contributed by atoms with Gasteiger partial charge in [-0.2, -0.15) is 0 Å². The summed E-state index contributed by atoms with van der Waals surface area (Å²) in [6.45, 7) is 19.7. The van der Waals surface area contributed by atoms with Gasteiger partial charge in [-0.3, -0.25) is 0 Å². The van der Waals surface area contributed by atoms with Gasteiger partial charge in [0.05, 0.1) is 11.7 Å². The standard InChI is InChI=1S/C22H38O3Si/c1-15(2)22(6,7)24-20(23)18-12-10-11-17-16(18)13-14-19(17)25-26(8,9)21(3,4)5/h10-12,15,19-20,23H,13-14H2,1-9H3. The SMILES string of the molecule is CC(C)C(C)(C)OC(O)c1cccc2c1CCC2O[Si](C)(C)C(C)(C)C. The largest absolute Gasteiger partial charge is 0.410 e. The van der Waals surface area contributed by atoms with E-state index in [0.717, 1.165) is 18.4 Å². The van der Waals surface area contributed by atoms with Gasteiger partial charge in [0.1, 0.15) is 0 Å². The van der Waals surface area contributed by atoms with Crippen molar-refractivity contribution in [3.8, 4) is 0 Å². The van der Waals surface area contributed by atoms with Crippen molar-refractivity contribution in [3.05, 3.63) is 34.9 Å². The quantitative estimate of drug-likeness (QED) is 0.477. The molecule has 2 atom stereocenters. The lowest BCUT2D eigenvalue weighted by atomic mass is 9.94. The molecule has 1 aromatic rings. The van der Waals surface area contributed by atoms with E-state index >= 15 is 0 Å². The van der Waals surface area contributed by atoms with Crippen LogP contribution in [0.15, 0.2) is 18.2 Å². The van der Waals surface area contributed by atoms with Gasteiger partial charge in [0.15, 0.2) is 14.6 Å². The maximum Gasteiger partial charge on any atom is 0.192 e. The van der Waals surface area contributed by atoms with E-state index in [0.29, 0.717) is 5.92 Å². The predicted molar refractivity (Wildman–Crippen MR) is 111 cm³/mol. The van der Waals surface area contributed by atoms with Crippen LogP contribution in [0, 0.1) is 5.92 Å². The highest BCUT2D eigenvalue weighted by atomic mass is 28.4. The number of fused-ring (bicyclic) bond motifs is 1. The van der Waals surface area contributed by atoms with Crippen molar-refractivity contribution in [2.24, 2.45) is 5.92 Å². The van der Waals surface area contributed by atoms with E-state index < -0.39 is 14.6 Å². The van der Waals surface area contributed by atoms with Crippen LogP contribution in [-0.4, -0.2) is 19.0 Å². The summed E-state index contributed by atoms with van der Waals surface area (Å²) in [5, 5.41) is 11.0. The molecule has 4 heteroatoms. The summed E-state index contributed by atoms with van der Waals surface area (Å²) in [6.07, 6.45) is 1.16. The Bertz CT molecular complexity index is 629. The van der Waals surface area contributed by atoms with Gasteiger partial charge in [0.25, 0.3) is 0 Å². The second-order valence-electron chi connectivity index (χ2n) is 10.0. The van der Waals surface area contributed by atoms with E-state index in [2.05, 4.69) is 53.8 Å². The number of hydrogen-bond acceptors (Lipinski definition) is 3. The molecular weight excluding hydrogens is 340 g/mol. The maximum atomic E-state index is 10.8. The summed E-state index contributed by atoms with van der Waals surface area (Å²) >= 11 is 0. The zero-order chi connectivity index (χ0) is 19.9. The zero-order valence-corrected chi connectivity index (χ0v) is 19.1. The number of aliphatic hydroxyl groups is 1. The van der Waals surface area contributed by atoms with Crippen LogP contribution in [-0.2, 0) is 15.6 Å². The second-order valence-corrected chi connectivity index (χ2v) is 14.8. The Morgan fingerprint density at radius 2 is 1.73 bits per heavy atom. The lowest BCUT2D eigenvalue weighted by molar-refractivity contribution is -0.192. The van der Waals surface area contributed by atoms with Gasteiger partial charge in [0, 0.05) is 5.56 Å². The third-order valence-corrected chi connectivity index (χ3v) is 11.1. The lowest BCUT2D eigenvalue weighted by Gasteiger charge is -2.38. The first-order valence-corrected chi connectivity index (χ1v) is 12.8. The van der Waals surface area contributed by atoms with E-state index in [9.17, 15) is 5.11 Å². The molecule has 2 unspecified atom stereocenters.